The molecule has 21 heavy (non-hydrogen) atoms. The fraction of sp³-hybridized carbons (Fsp3) is 0.400. The Balaban J connectivity index is 2.13. The maximum atomic E-state index is 12.2. The number of aromatic nitrogens is 2. The summed E-state index contributed by atoms with van der Waals surface area (Å²) < 4.78 is 0. The Bertz CT molecular complexity index is 716. The van der Waals surface area contributed by atoms with Crippen molar-refractivity contribution in [3.05, 3.63) is 49.3 Å². The third kappa shape index (κ3) is 3.78. The first kappa shape index (κ1) is 15.4. The molecule has 2 aromatic heterocycles. The van der Waals surface area contributed by atoms with Crippen molar-refractivity contribution in [3.8, 4) is 0 Å². The molecular formula is C15H19N3O2S. The van der Waals surface area contributed by atoms with E-state index in [0.29, 0.717) is 12.1 Å². The number of hydrogen-bond donors (Lipinski definition) is 2. The fourth-order valence-corrected chi connectivity index (χ4v) is 2.88. The van der Waals surface area contributed by atoms with Crippen molar-refractivity contribution in [1.82, 2.24) is 15.3 Å². The van der Waals surface area contributed by atoms with Gasteiger partial charge in [0.2, 0.25) is 5.56 Å². The molecule has 0 saturated carbocycles. The molecule has 0 aliphatic carbocycles. The quantitative estimate of drug-likeness (QED) is 0.911. The molecule has 2 heterocycles. The molecular weight excluding hydrogens is 286 g/mol. The van der Waals surface area contributed by atoms with Gasteiger partial charge in [-0.15, -0.1) is 11.3 Å². The maximum absolute atomic E-state index is 12.2. The van der Waals surface area contributed by atoms with Crippen molar-refractivity contribution >= 4 is 17.2 Å². The van der Waals surface area contributed by atoms with Gasteiger partial charge in [0.05, 0.1) is 17.2 Å². The minimum atomic E-state index is -0.254. The van der Waals surface area contributed by atoms with E-state index in [2.05, 4.69) is 15.3 Å². The van der Waals surface area contributed by atoms with Crippen molar-refractivity contribution in [3.63, 3.8) is 0 Å². The predicted molar refractivity (Wildman–Crippen MR) is 83.9 cm³/mol. The smallest absolute Gasteiger partial charge is 0.251 e. The monoisotopic (exact) mass is 305 g/mol. The van der Waals surface area contributed by atoms with Crippen LogP contribution in [0.4, 0.5) is 0 Å². The molecule has 0 aliphatic rings. The number of hydrogen-bond acceptors (Lipinski definition) is 4. The molecule has 2 N–H and O–H groups in total. The number of H-pyrrole nitrogens is 1. The first-order chi connectivity index (χ1) is 9.86. The van der Waals surface area contributed by atoms with E-state index >= 15 is 0 Å². The van der Waals surface area contributed by atoms with Crippen LogP contribution in [0.2, 0.25) is 0 Å². The lowest BCUT2D eigenvalue weighted by Gasteiger charge is -2.08. The molecule has 2 rings (SSSR count). The Hall–Kier alpha value is -1.95. The lowest BCUT2D eigenvalue weighted by molar-refractivity contribution is 0.0951. The van der Waals surface area contributed by atoms with Gasteiger partial charge in [-0.3, -0.25) is 9.59 Å². The van der Waals surface area contributed by atoms with Crippen LogP contribution in [-0.4, -0.2) is 15.9 Å². The normalized spacial score (nSPS) is 10.9. The van der Waals surface area contributed by atoms with E-state index in [1.54, 1.807) is 17.4 Å². The first-order valence-corrected chi connectivity index (χ1v) is 7.64. The largest absolute Gasteiger partial charge is 0.347 e. The topological polar surface area (TPSA) is 74.8 Å². The number of aryl methyl sites for hydroxylation is 2. The van der Waals surface area contributed by atoms with Gasteiger partial charge in [0.1, 0.15) is 0 Å². The van der Waals surface area contributed by atoms with Crippen molar-refractivity contribution in [2.45, 2.75) is 40.2 Å². The fourth-order valence-electron chi connectivity index (χ4n) is 2.01. The van der Waals surface area contributed by atoms with E-state index in [1.807, 2.05) is 27.7 Å². The van der Waals surface area contributed by atoms with Crippen LogP contribution >= 0.6 is 11.3 Å². The highest BCUT2D eigenvalue weighted by Gasteiger charge is 2.11. The Labute approximate surface area is 127 Å². The summed E-state index contributed by atoms with van der Waals surface area (Å²) in [6.45, 7) is 8.23. The van der Waals surface area contributed by atoms with Gasteiger partial charge in [0.15, 0.2) is 0 Å². The van der Waals surface area contributed by atoms with E-state index in [0.717, 1.165) is 21.3 Å². The molecule has 0 atom stereocenters. The van der Waals surface area contributed by atoms with Crippen LogP contribution in [0.25, 0.3) is 0 Å². The van der Waals surface area contributed by atoms with Gasteiger partial charge in [-0.05, 0) is 25.8 Å². The van der Waals surface area contributed by atoms with Gasteiger partial charge in [-0.25, -0.2) is 4.98 Å². The summed E-state index contributed by atoms with van der Waals surface area (Å²) in [5, 5.41) is 3.82. The molecule has 112 valence electrons. The molecule has 0 radical (unpaired) electrons. The van der Waals surface area contributed by atoms with Crippen molar-refractivity contribution < 1.29 is 4.79 Å². The highest BCUT2D eigenvalue weighted by Crippen LogP contribution is 2.17. The van der Waals surface area contributed by atoms with Crippen molar-refractivity contribution in [2.75, 3.05) is 0 Å². The second-order valence-corrected chi connectivity index (χ2v) is 6.56. The highest BCUT2D eigenvalue weighted by atomic mass is 32.1. The average Bonchev–Trinajstić information content (AvgIpc) is 2.73. The zero-order valence-corrected chi connectivity index (χ0v) is 13.4. The maximum Gasteiger partial charge on any atom is 0.251 e. The average molecular weight is 305 g/mol. The number of aromatic amines is 1. The SMILES string of the molecule is Cc1nc(C)c(CNC(=O)c2cc(C(C)C)[nH]c(=O)c2)s1. The van der Waals surface area contributed by atoms with E-state index in [-0.39, 0.29) is 17.4 Å². The number of thiazole rings is 1. The predicted octanol–water partition coefficient (Wildman–Crippen LogP) is 2.50. The third-order valence-electron chi connectivity index (χ3n) is 3.16. The minimum absolute atomic E-state index is 0.164. The Morgan fingerprint density at radius 2 is 2.10 bits per heavy atom. The van der Waals surface area contributed by atoms with Gasteiger partial charge >= 0.3 is 0 Å². The molecule has 0 fully saturated rings. The van der Waals surface area contributed by atoms with Gasteiger partial charge in [0.25, 0.3) is 5.91 Å². The van der Waals surface area contributed by atoms with E-state index in [9.17, 15) is 9.59 Å². The molecule has 0 unspecified atom stereocenters. The number of nitrogens with zero attached hydrogens (tertiary/aromatic N) is 1. The molecule has 0 saturated heterocycles. The van der Waals surface area contributed by atoms with Gasteiger partial charge in [-0.2, -0.15) is 0 Å². The zero-order chi connectivity index (χ0) is 15.6. The minimum Gasteiger partial charge on any atom is -0.347 e. The molecule has 5 nitrogen and oxygen atoms in total. The zero-order valence-electron chi connectivity index (χ0n) is 12.6. The highest BCUT2D eigenvalue weighted by molar-refractivity contribution is 7.11. The molecule has 0 aromatic carbocycles. The number of pyridine rings is 1. The summed E-state index contributed by atoms with van der Waals surface area (Å²) in [7, 11) is 0. The summed E-state index contributed by atoms with van der Waals surface area (Å²) in [6.07, 6.45) is 0. The van der Waals surface area contributed by atoms with Crippen LogP contribution in [0.5, 0.6) is 0 Å². The first-order valence-electron chi connectivity index (χ1n) is 6.82. The molecule has 6 heteroatoms. The molecule has 0 aliphatic heterocycles. The van der Waals surface area contributed by atoms with Gasteiger partial charge < -0.3 is 10.3 Å². The second-order valence-electron chi connectivity index (χ2n) is 5.27. The van der Waals surface area contributed by atoms with Crippen LogP contribution in [0.15, 0.2) is 16.9 Å². The van der Waals surface area contributed by atoms with E-state index in [1.165, 1.54) is 6.07 Å². The molecule has 0 bridgehead atoms. The lowest BCUT2D eigenvalue weighted by Crippen LogP contribution is -2.25. The van der Waals surface area contributed by atoms with E-state index < -0.39 is 0 Å². The Morgan fingerprint density at radius 1 is 1.38 bits per heavy atom. The number of rotatable bonds is 4. The Morgan fingerprint density at radius 3 is 2.67 bits per heavy atom. The third-order valence-corrected chi connectivity index (χ3v) is 4.23. The number of carbonyl (C=O) groups excluding carboxylic acids is 1. The summed E-state index contributed by atoms with van der Waals surface area (Å²) in [6, 6.07) is 3.05. The summed E-state index contributed by atoms with van der Waals surface area (Å²) in [4.78, 5) is 31.9. The van der Waals surface area contributed by atoms with E-state index in [4.69, 9.17) is 0 Å². The van der Waals surface area contributed by atoms with Crippen LogP contribution in [-0.2, 0) is 6.54 Å². The molecule has 0 spiro atoms. The lowest BCUT2D eigenvalue weighted by atomic mass is 10.1. The summed E-state index contributed by atoms with van der Waals surface area (Å²) in [5.74, 6) is -0.0784. The van der Waals surface area contributed by atoms with Crippen molar-refractivity contribution in [2.24, 2.45) is 0 Å². The summed E-state index contributed by atoms with van der Waals surface area (Å²) >= 11 is 1.57. The van der Waals surface area contributed by atoms with Crippen LogP contribution in [0.1, 0.15) is 51.4 Å². The van der Waals surface area contributed by atoms with Crippen LogP contribution in [0, 0.1) is 13.8 Å². The van der Waals surface area contributed by atoms with Gasteiger partial charge in [-0.1, -0.05) is 13.8 Å². The second kappa shape index (κ2) is 6.22. The summed E-state index contributed by atoms with van der Waals surface area (Å²) in [5.41, 5.74) is 1.83. The van der Waals surface area contributed by atoms with Gasteiger partial charge in [0, 0.05) is 22.2 Å². The number of amides is 1. The van der Waals surface area contributed by atoms with Crippen LogP contribution in [0.3, 0.4) is 0 Å². The van der Waals surface area contributed by atoms with Crippen molar-refractivity contribution in [1.29, 1.82) is 0 Å². The Kier molecular flexibility index (Phi) is 4.57. The number of carbonyl (C=O) groups is 1. The number of nitrogens with one attached hydrogen (secondary N) is 2. The van der Waals surface area contributed by atoms with Crippen LogP contribution < -0.4 is 10.9 Å². The molecule has 2 aromatic rings. The molecule has 1 amide bonds. The standard InChI is InChI=1S/C15H19N3O2S/c1-8(2)12-5-11(6-14(19)18-12)15(20)16-7-13-9(3)17-10(4)21-13/h5-6,8H,7H2,1-4H3,(H,16,20)(H,18,19).